The predicted octanol–water partition coefficient (Wildman–Crippen LogP) is 4.71. The summed E-state index contributed by atoms with van der Waals surface area (Å²) in [6.45, 7) is 0.808. The maximum absolute atomic E-state index is 13.7. The second-order valence-corrected chi connectivity index (χ2v) is 7.93. The molecule has 3 aromatic carbocycles. The first kappa shape index (κ1) is 16.5. The summed E-state index contributed by atoms with van der Waals surface area (Å²) >= 11 is 0. The Hall–Kier alpha value is -3.46. The highest BCUT2D eigenvalue weighted by Gasteiger charge is 2.52. The molecule has 3 aliphatic rings. The number of fused-ring (bicyclic) bond motifs is 5. The molecule has 2 aliphatic heterocycles. The minimum Gasteiger partial charge on any atom is -0.362 e. The molecule has 2 atom stereocenters. The van der Waals surface area contributed by atoms with Crippen LogP contribution in [0.2, 0.25) is 0 Å². The predicted molar refractivity (Wildman–Crippen MR) is 112 cm³/mol. The SMILES string of the molecule is O=C1C2=C3c4ccccc4CCN3C(c3ccccc3)C2C(=O)c2ccccc21. The Labute approximate surface area is 169 Å². The summed E-state index contributed by atoms with van der Waals surface area (Å²) in [7, 11) is 0. The average molecular weight is 377 g/mol. The third-order valence-corrected chi connectivity index (χ3v) is 6.50. The lowest BCUT2D eigenvalue weighted by molar-refractivity contribution is 0.0846. The molecule has 0 radical (unpaired) electrons. The van der Waals surface area contributed by atoms with Gasteiger partial charge in [-0.3, -0.25) is 9.59 Å². The van der Waals surface area contributed by atoms with Crippen LogP contribution in [0, 0.1) is 5.92 Å². The van der Waals surface area contributed by atoms with Gasteiger partial charge in [0.2, 0.25) is 0 Å². The van der Waals surface area contributed by atoms with Crippen LogP contribution in [0.5, 0.6) is 0 Å². The van der Waals surface area contributed by atoms with Crippen molar-refractivity contribution in [1.29, 1.82) is 0 Å². The Morgan fingerprint density at radius 2 is 1.38 bits per heavy atom. The molecule has 0 N–H and O–H groups in total. The number of nitrogens with zero attached hydrogens (tertiary/aromatic N) is 1. The van der Waals surface area contributed by atoms with Gasteiger partial charge in [-0.05, 0) is 17.5 Å². The molecule has 0 amide bonds. The number of carbonyl (C=O) groups excluding carboxylic acids is 2. The van der Waals surface area contributed by atoms with Gasteiger partial charge in [0.1, 0.15) is 0 Å². The van der Waals surface area contributed by atoms with Crippen molar-refractivity contribution in [2.24, 2.45) is 5.92 Å². The number of ketones is 2. The first-order valence-electron chi connectivity index (χ1n) is 10.1. The molecule has 1 aliphatic carbocycles. The van der Waals surface area contributed by atoms with E-state index in [9.17, 15) is 9.59 Å². The van der Waals surface area contributed by atoms with E-state index in [1.54, 1.807) is 12.1 Å². The molecule has 0 saturated carbocycles. The summed E-state index contributed by atoms with van der Waals surface area (Å²) in [5, 5.41) is 0. The van der Waals surface area contributed by atoms with E-state index in [1.165, 1.54) is 5.56 Å². The minimum atomic E-state index is -0.457. The standard InChI is InChI=1S/C26H19NO2/c28-25-19-12-6-7-13-20(19)26(29)22-21(25)23(17-9-2-1-3-10-17)27-15-14-16-8-4-5-11-18(16)24(22)27/h1-13,21,23H,14-15H2. The zero-order valence-corrected chi connectivity index (χ0v) is 15.8. The highest BCUT2D eigenvalue weighted by Crippen LogP contribution is 2.53. The van der Waals surface area contributed by atoms with Gasteiger partial charge >= 0.3 is 0 Å². The first-order valence-corrected chi connectivity index (χ1v) is 10.1. The van der Waals surface area contributed by atoms with Gasteiger partial charge in [-0.2, -0.15) is 0 Å². The topological polar surface area (TPSA) is 37.4 Å². The molecule has 3 heteroatoms. The molecule has 0 fully saturated rings. The highest BCUT2D eigenvalue weighted by atomic mass is 16.1. The quantitative estimate of drug-likeness (QED) is 0.617. The van der Waals surface area contributed by atoms with Gasteiger partial charge in [0.05, 0.1) is 17.7 Å². The number of hydrogen-bond acceptors (Lipinski definition) is 3. The molecule has 0 aromatic heterocycles. The van der Waals surface area contributed by atoms with Crippen LogP contribution in [-0.2, 0) is 6.42 Å². The fourth-order valence-electron chi connectivity index (χ4n) is 5.29. The molecule has 2 unspecified atom stereocenters. The fourth-order valence-corrected chi connectivity index (χ4v) is 5.29. The molecule has 3 aromatic rings. The molecule has 0 saturated heterocycles. The Morgan fingerprint density at radius 1 is 0.724 bits per heavy atom. The number of carbonyl (C=O) groups is 2. The van der Waals surface area contributed by atoms with Crippen molar-refractivity contribution in [3.63, 3.8) is 0 Å². The first-order chi connectivity index (χ1) is 14.3. The van der Waals surface area contributed by atoms with E-state index in [2.05, 4.69) is 29.2 Å². The molecule has 0 spiro atoms. The van der Waals surface area contributed by atoms with E-state index in [1.807, 2.05) is 42.5 Å². The monoisotopic (exact) mass is 377 g/mol. The second-order valence-electron chi connectivity index (χ2n) is 7.93. The van der Waals surface area contributed by atoms with Crippen molar-refractivity contribution >= 4 is 17.3 Å². The van der Waals surface area contributed by atoms with Crippen LogP contribution < -0.4 is 0 Å². The third kappa shape index (κ3) is 2.18. The number of rotatable bonds is 1. The van der Waals surface area contributed by atoms with E-state index in [-0.39, 0.29) is 17.6 Å². The largest absolute Gasteiger partial charge is 0.362 e. The van der Waals surface area contributed by atoms with Crippen molar-refractivity contribution in [3.8, 4) is 0 Å². The van der Waals surface area contributed by atoms with Crippen LogP contribution in [-0.4, -0.2) is 23.0 Å². The summed E-state index contributed by atoms with van der Waals surface area (Å²) in [6, 6.07) is 25.6. The molecule has 3 nitrogen and oxygen atoms in total. The lowest BCUT2D eigenvalue weighted by atomic mass is 9.74. The summed E-state index contributed by atoms with van der Waals surface area (Å²) in [5.74, 6) is -0.398. The summed E-state index contributed by atoms with van der Waals surface area (Å²) in [6.07, 6.45) is 0.915. The number of Topliss-reactive ketones (excluding diaryl/α,β-unsaturated/α-hetero) is 2. The zero-order chi connectivity index (χ0) is 19.5. The lowest BCUT2D eigenvalue weighted by Gasteiger charge is -2.36. The van der Waals surface area contributed by atoms with Crippen molar-refractivity contribution < 1.29 is 9.59 Å². The van der Waals surface area contributed by atoms with Crippen molar-refractivity contribution in [1.82, 2.24) is 4.90 Å². The molecule has 6 rings (SSSR count). The molecule has 2 heterocycles. The maximum Gasteiger partial charge on any atom is 0.192 e. The van der Waals surface area contributed by atoms with Crippen LogP contribution in [0.15, 0.2) is 84.4 Å². The van der Waals surface area contributed by atoms with Gasteiger partial charge in [-0.25, -0.2) is 0 Å². The van der Waals surface area contributed by atoms with Crippen LogP contribution in [0.1, 0.15) is 43.4 Å². The molecular formula is C26H19NO2. The van der Waals surface area contributed by atoms with Gasteiger partial charge in [-0.15, -0.1) is 0 Å². The number of hydrogen-bond donors (Lipinski definition) is 0. The van der Waals surface area contributed by atoms with E-state index < -0.39 is 5.92 Å². The van der Waals surface area contributed by atoms with Gasteiger partial charge in [0.25, 0.3) is 0 Å². The molecular weight excluding hydrogens is 358 g/mol. The Morgan fingerprint density at radius 3 is 2.17 bits per heavy atom. The molecule has 140 valence electrons. The highest BCUT2D eigenvalue weighted by molar-refractivity contribution is 6.27. The minimum absolute atomic E-state index is 0.000309. The van der Waals surface area contributed by atoms with Gasteiger partial charge in [0, 0.05) is 28.8 Å². The van der Waals surface area contributed by atoms with Crippen LogP contribution >= 0.6 is 0 Å². The van der Waals surface area contributed by atoms with E-state index in [0.717, 1.165) is 29.8 Å². The van der Waals surface area contributed by atoms with Gasteiger partial charge < -0.3 is 4.90 Å². The number of benzene rings is 3. The lowest BCUT2D eigenvalue weighted by Crippen LogP contribution is -2.35. The Bertz CT molecular complexity index is 1210. The zero-order valence-electron chi connectivity index (χ0n) is 15.8. The van der Waals surface area contributed by atoms with Crippen molar-refractivity contribution in [2.75, 3.05) is 6.54 Å². The normalized spacial score (nSPS) is 22.1. The van der Waals surface area contributed by atoms with Crippen LogP contribution in [0.3, 0.4) is 0 Å². The smallest absolute Gasteiger partial charge is 0.192 e. The summed E-state index contributed by atoms with van der Waals surface area (Å²) in [5.41, 5.74) is 6.16. The average Bonchev–Trinajstić information content (AvgIpc) is 3.14. The molecule has 0 bridgehead atoms. The maximum atomic E-state index is 13.7. The summed E-state index contributed by atoms with van der Waals surface area (Å²) < 4.78 is 0. The van der Waals surface area contributed by atoms with E-state index >= 15 is 0 Å². The van der Waals surface area contributed by atoms with Crippen molar-refractivity contribution in [3.05, 3.63) is 112 Å². The van der Waals surface area contributed by atoms with E-state index in [4.69, 9.17) is 0 Å². The van der Waals surface area contributed by atoms with Gasteiger partial charge in [-0.1, -0.05) is 78.9 Å². The van der Waals surface area contributed by atoms with Crippen LogP contribution in [0.25, 0.3) is 5.70 Å². The van der Waals surface area contributed by atoms with Gasteiger partial charge in [0.15, 0.2) is 11.6 Å². The fraction of sp³-hybridized carbons (Fsp3) is 0.154. The third-order valence-electron chi connectivity index (χ3n) is 6.50. The van der Waals surface area contributed by atoms with Crippen LogP contribution in [0.4, 0.5) is 0 Å². The van der Waals surface area contributed by atoms with Crippen molar-refractivity contribution in [2.45, 2.75) is 12.5 Å². The Kier molecular flexibility index (Phi) is 3.42. The van der Waals surface area contributed by atoms with E-state index in [0.29, 0.717) is 16.7 Å². The summed E-state index contributed by atoms with van der Waals surface area (Å²) in [4.78, 5) is 29.6. The Balaban J connectivity index is 1.66. The molecule has 29 heavy (non-hydrogen) atoms. The second kappa shape index (κ2) is 6.02.